The number of guanidine groups is 2. The zero-order valence-corrected chi connectivity index (χ0v) is 41.5. The van der Waals surface area contributed by atoms with Crippen LogP contribution in [0.15, 0.2) is 70.8 Å². The second kappa shape index (κ2) is 29.9. The van der Waals surface area contributed by atoms with Gasteiger partial charge >= 0.3 is 0 Å². The van der Waals surface area contributed by atoms with Crippen LogP contribution in [0.25, 0.3) is 10.9 Å². The number of nitrogens with zero attached hydrogens (tertiary/aromatic N) is 2. The van der Waals surface area contributed by atoms with Crippen molar-refractivity contribution in [3.8, 4) is 0 Å². The molecule has 1 aliphatic rings. The van der Waals surface area contributed by atoms with Gasteiger partial charge in [-0.15, -0.1) is 0 Å². The average Bonchev–Trinajstić information content (AvgIpc) is 3.76. The molecule has 0 spiro atoms. The van der Waals surface area contributed by atoms with Gasteiger partial charge in [0.1, 0.15) is 42.3 Å². The number of benzene rings is 2. The summed E-state index contributed by atoms with van der Waals surface area (Å²) in [6, 6.07) is 6.54. The third kappa shape index (κ3) is 19.7. The molecule has 0 bridgehead atoms. The van der Waals surface area contributed by atoms with E-state index in [0.717, 1.165) is 10.9 Å². The molecule has 0 aliphatic carbocycles. The fourth-order valence-electron chi connectivity index (χ4n) is 8.10. The van der Waals surface area contributed by atoms with Gasteiger partial charge in [-0.2, -0.15) is 0 Å². The Bertz CT molecular complexity index is 2480. The smallest absolute Gasteiger partial charge is 0.243 e. The second-order valence-corrected chi connectivity index (χ2v) is 17.8. The summed E-state index contributed by atoms with van der Waals surface area (Å²) in [5.74, 6) is -7.34. The number of carbonyl (C=O) groups is 9. The van der Waals surface area contributed by atoms with Crippen molar-refractivity contribution in [3.05, 3.63) is 71.9 Å². The Morgan fingerprint density at radius 2 is 1.27 bits per heavy atom. The molecule has 74 heavy (non-hydrogen) atoms. The second-order valence-electron chi connectivity index (χ2n) is 17.8. The molecule has 0 radical (unpaired) electrons. The quantitative estimate of drug-likeness (QED) is 0.0328. The predicted octanol–water partition coefficient (Wildman–Crippen LogP) is -4.00. The van der Waals surface area contributed by atoms with E-state index in [1.165, 1.54) is 6.92 Å². The Balaban J connectivity index is 1.75. The molecule has 1 saturated heterocycles. The number of nitrogens with one attached hydrogen (secondary N) is 9. The molecule has 1 aliphatic heterocycles. The van der Waals surface area contributed by atoms with Gasteiger partial charge in [0.2, 0.25) is 53.2 Å². The summed E-state index contributed by atoms with van der Waals surface area (Å²) in [4.78, 5) is 135. The first-order chi connectivity index (χ1) is 35.3. The Morgan fingerprint density at radius 1 is 0.689 bits per heavy atom. The van der Waals surface area contributed by atoms with Crippen LogP contribution >= 0.6 is 0 Å². The lowest BCUT2D eigenvalue weighted by Crippen LogP contribution is -2.60. The normalized spacial score (nSPS) is 21.2. The molecule has 3 aromatic rings. The monoisotopic (exact) mass is 1030 g/mol. The van der Waals surface area contributed by atoms with Crippen molar-refractivity contribution < 1.29 is 43.2 Å². The zero-order chi connectivity index (χ0) is 54.2. The first-order valence-corrected chi connectivity index (χ1v) is 24.4. The number of amides is 9. The lowest BCUT2D eigenvalue weighted by Gasteiger charge is -2.28. The molecular formula is C48H71N17O9. The standard InChI is InChI=1S/C48H71N17O9/c1-27(66)59-33(15-8-22-56-47(51)52)41(69)62-35-17-18-39(67)55-21-7-14-32(40(50)68)60-46(74)38(25-29-26-58-31-13-6-5-12-30(29)31)65-42(70)34(16-9-23-57-48(53)54)61-45(73)37(24-28-10-3-2-4-11-28)64-44(72)36(19-20-49)63-43(35)71/h2-6,10-13,26,32-38,58H,7-9,14-25,49H2,1H3,(H2,50,68)(H,55,67)(H,59,66)(H,60,74)(H,61,73)(H,62,69)(H,63,71)(H,64,72)(H,65,70)(H4,51,52,56)(H4,53,54,57). The van der Waals surface area contributed by atoms with E-state index in [1.54, 1.807) is 36.5 Å². The maximum absolute atomic E-state index is 14.6. The number of carbonyl (C=O) groups excluding carboxylic acids is 9. The molecule has 0 saturated carbocycles. The molecule has 4 rings (SSSR count). The van der Waals surface area contributed by atoms with Crippen LogP contribution in [-0.4, -0.2) is 139 Å². The molecule has 7 unspecified atom stereocenters. The van der Waals surface area contributed by atoms with Crippen LogP contribution in [0, 0.1) is 0 Å². The fraction of sp³-hybridized carbons (Fsp3) is 0.479. The van der Waals surface area contributed by atoms with E-state index in [0.29, 0.717) is 11.1 Å². The number of H-pyrrole nitrogens is 1. The number of primary amides is 1. The number of nitrogens with two attached hydrogens (primary N) is 6. The fourth-order valence-corrected chi connectivity index (χ4v) is 8.10. The van der Waals surface area contributed by atoms with Crippen molar-refractivity contribution in [2.24, 2.45) is 44.4 Å². The maximum Gasteiger partial charge on any atom is 0.243 e. The minimum atomic E-state index is -1.47. The van der Waals surface area contributed by atoms with Crippen LogP contribution in [0.4, 0.5) is 0 Å². The molecule has 2 aromatic carbocycles. The number of aromatic nitrogens is 1. The lowest BCUT2D eigenvalue weighted by atomic mass is 10.0. The van der Waals surface area contributed by atoms with Gasteiger partial charge in [0.05, 0.1) is 0 Å². The zero-order valence-electron chi connectivity index (χ0n) is 41.5. The molecule has 26 nitrogen and oxygen atoms in total. The molecule has 9 amide bonds. The molecule has 2 heterocycles. The minimum Gasteiger partial charge on any atom is -0.370 e. The number of aromatic amines is 1. The number of hydrogen-bond acceptors (Lipinski definition) is 12. The van der Waals surface area contributed by atoms with Gasteiger partial charge in [-0.25, -0.2) is 0 Å². The Hall–Kier alpha value is -8.29. The van der Waals surface area contributed by atoms with Crippen molar-refractivity contribution in [3.63, 3.8) is 0 Å². The number of para-hydroxylation sites is 1. The lowest BCUT2D eigenvalue weighted by molar-refractivity contribution is -0.136. The van der Waals surface area contributed by atoms with Crippen LogP contribution in [0.1, 0.15) is 75.8 Å². The van der Waals surface area contributed by atoms with Crippen molar-refractivity contribution in [2.45, 2.75) is 120 Å². The van der Waals surface area contributed by atoms with Crippen molar-refractivity contribution >= 4 is 76.0 Å². The van der Waals surface area contributed by atoms with Gasteiger partial charge in [-0.3, -0.25) is 53.1 Å². The first kappa shape index (κ1) is 58.3. The molecule has 1 fully saturated rings. The SMILES string of the molecule is CC(=O)NC(CCCN=C(N)N)C(=O)NC1CCC(=O)NCCCC(C(N)=O)NC(=O)C(Cc2c[nH]c3ccccc23)NC(=O)C(CCCN=C(N)N)NC(=O)C(Cc2ccccc2)NC(=O)C(CCN)NC1=O. The van der Waals surface area contributed by atoms with Crippen molar-refractivity contribution in [1.29, 1.82) is 0 Å². The van der Waals surface area contributed by atoms with Crippen LogP contribution in [0.2, 0.25) is 0 Å². The summed E-state index contributed by atoms with van der Waals surface area (Å²) in [7, 11) is 0. The highest BCUT2D eigenvalue weighted by Crippen LogP contribution is 2.20. The van der Waals surface area contributed by atoms with Crippen LogP contribution < -0.4 is 76.9 Å². The number of fused-ring (bicyclic) bond motifs is 1. The largest absolute Gasteiger partial charge is 0.370 e. The van der Waals surface area contributed by atoms with Gasteiger partial charge in [0, 0.05) is 62.9 Å². The summed E-state index contributed by atoms with van der Waals surface area (Å²) < 4.78 is 0. The van der Waals surface area contributed by atoms with Crippen molar-refractivity contribution in [2.75, 3.05) is 26.2 Å². The van der Waals surface area contributed by atoms with E-state index in [2.05, 4.69) is 57.5 Å². The maximum atomic E-state index is 14.6. The van der Waals surface area contributed by atoms with E-state index in [9.17, 15) is 43.2 Å². The van der Waals surface area contributed by atoms with Gasteiger partial charge < -0.3 is 81.9 Å². The highest BCUT2D eigenvalue weighted by atomic mass is 16.2. The molecule has 7 atom stereocenters. The summed E-state index contributed by atoms with van der Waals surface area (Å²) in [6.07, 6.45) is 1.21. The van der Waals surface area contributed by atoms with Gasteiger partial charge in [0.15, 0.2) is 11.9 Å². The Labute approximate surface area is 427 Å². The van der Waals surface area contributed by atoms with E-state index in [4.69, 9.17) is 34.4 Å². The van der Waals surface area contributed by atoms with E-state index in [1.807, 2.05) is 24.3 Å². The van der Waals surface area contributed by atoms with Crippen LogP contribution in [0.5, 0.6) is 0 Å². The average molecular weight is 1030 g/mol. The number of hydrogen-bond donors (Lipinski definition) is 15. The topological polar surface area (TPSA) is 446 Å². The van der Waals surface area contributed by atoms with E-state index < -0.39 is 95.5 Å². The third-order valence-corrected chi connectivity index (χ3v) is 11.9. The third-order valence-electron chi connectivity index (χ3n) is 11.9. The molecule has 26 heteroatoms. The predicted molar refractivity (Wildman–Crippen MR) is 276 cm³/mol. The highest BCUT2D eigenvalue weighted by molar-refractivity contribution is 5.98. The van der Waals surface area contributed by atoms with E-state index >= 15 is 0 Å². The highest BCUT2D eigenvalue weighted by Gasteiger charge is 2.35. The summed E-state index contributed by atoms with van der Waals surface area (Å²) in [6.45, 7) is 1.24. The Kier molecular flexibility index (Phi) is 23.6. The van der Waals surface area contributed by atoms with E-state index in [-0.39, 0.29) is 109 Å². The van der Waals surface area contributed by atoms with Crippen LogP contribution in [-0.2, 0) is 56.0 Å². The molecule has 21 N–H and O–H groups in total. The van der Waals surface area contributed by atoms with Crippen molar-refractivity contribution in [1.82, 2.24) is 47.5 Å². The molecular weight excluding hydrogens is 959 g/mol. The van der Waals surface area contributed by atoms with Crippen LogP contribution in [0.3, 0.4) is 0 Å². The summed E-state index contributed by atoms with van der Waals surface area (Å²) in [5.41, 5.74) is 35.7. The molecule has 402 valence electrons. The summed E-state index contributed by atoms with van der Waals surface area (Å²) >= 11 is 0. The first-order valence-electron chi connectivity index (χ1n) is 24.4. The Morgan fingerprint density at radius 3 is 1.92 bits per heavy atom. The van der Waals surface area contributed by atoms with Gasteiger partial charge in [-0.05, 0) is 75.1 Å². The molecule has 1 aromatic heterocycles. The van der Waals surface area contributed by atoms with Gasteiger partial charge in [-0.1, -0.05) is 48.5 Å². The summed E-state index contributed by atoms with van der Waals surface area (Å²) in [5, 5.41) is 22.1. The van der Waals surface area contributed by atoms with Gasteiger partial charge in [0.25, 0.3) is 0 Å². The minimum absolute atomic E-state index is 0.0122. The number of aliphatic imine (C=N–C) groups is 2. The number of rotatable bonds is 18.